The molecule has 1 aliphatic heterocycles. The highest BCUT2D eigenvalue weighted by atomic mass is 19.1. The van der Waals surface area contributed by atoms with Crippen molar-refractivity contribution in [3.05, 3.63) is 36.3 Å². The molecule has 1 saturated heterocycles. The van der Waals surface area contributed by atoms with E-state index in [1.165, 1.54) is 6.07 Å². The Morgan fingerprint density at radius 2 is 2.12 bits per heavy atom. The van der Waals surface area contributed by atoms with Crippen LogP contribution >= 0.6 is 0 Å². The van der Waals surface area contributed by atoms with Gasteiger partial charge in [-0.05, 0) is 25.0 Å². The van der Waals surface area contributed by atoms with E-state index in [1.807, 2.05) is 19.2 Å². The van der Waals surface area contributed by atoms with E-state index in [-0.39, 0.29) is 11.9 Å². The highest BCUT2D eigenvalue weighted by Gasteiger charge is 2.23. The summed E-state index contributed by atoms with van der Waals surface area (Å²) in [5.41, 5.74) is 7.34. The summed E-state index contributed by atoms with van der Waals surface area (Å²) in [5.74, 6) is 0.691. The van der Waals surface area contributed by atoms with E-state index >= 15 is 0 Å². The molecular formula is C17H20FN7. The molecule has 3 heterocycles. The number of anilines is 3. The summed E-state index contributed by atoms with van der Waals surface area (Å²) in [7, 11) is 1.82. The molecule has 1 aliphatic rings. The topological polar surface area (TPSA) is 84.9 Å². The summed E-state index contributed by atoms with van der Waals surface area (Å²) in [5, 5.41) is 8.25. The number of fused-ring (bicyclic) bond motifs is 1. The summed E-state index contributed by atoms with van der Waals surface area (Å²) in [6, 6.07) is 6.99. The second-order valence-corrected chi connectivity index (χ2v) is 6.32. The smallest absolute Gasteiger partial charge is 0.226 e. The van der Waals surface area contributed by atoms with Crippen LogP contribution in [0.2, 0.25) is 0 Å². The number of para-hydroxylation sites is 1. The third-order valence-corrected chi connectivity index (χ3v) is 4.57. The zero-order valence-corrected chi connectivity index (χ0v) is 14.0. The maximum atomic E-state index is 14.1. The number of halogens is 1. The van der Waals surface area contributed by atoms with Crippen LogP contribution in [-0.4, -0.2) is 38.9 Å². The number of aryl methyl sites for hydroxylation is 1. The standard InChI is InChI=1S/C17H20FN7/c1-24-16-12(9-20-24)15(19)22-17(23-16)21-11-5-4-8-25(10-11)14-7-3-2-6-13(14)18/h2-3,6-7,9,11H,4-5,8,10H2,1H3,(H3,19,21,22,23)/t11-/m1/s1. The van der Waals surface area contributed by atoms with Gasteiger partial charge < -0.3 is 16.0 Å². The van der Waals surface area contributed by atoms with Gasteiger partial charge in [0.25, 0.3) is 0 Å². The van der Waals surface area contributed by atoms with Gasteiger partial charge in [0.1, 0.15) is 11.6 Å². The van der Waals surface area contributed by atoms with Crippen molar-refractivity contribution in [1.29, 1.82) is 0 Å². The summed E-state index contributed by atoms with van der Waals surface area (Å²) in [4.78, 5) is 10.9. The van der Waals surface area contributed by atoms with Gasteiger partial charge in [-0.25, -0.2) is 4.39 Å². The lowest BCUT2D eigenvalue weighted by Gasteiger charge is -2.34. The fourth-order valence-electron chi connectivity index (χ4n) is 3.31. The van der Waals surface area contributed by atoms with Crippen LogP contribution in [0.5, 0.6) is 0 Å². The molecule has 0 bridgehead atoms. The monoisotopic (exact) mass is 341 g/mol. The summed E-state index contributed by atoms with van der Waals surface area (Å²) >= 11 is 0. The lowest BCUT2D eigenvalue weighted by atomic mass is 10.0. The Bertz CT molecular complexity index is 907. The Kier molecular flexibility index (Phi) is 3.87. The predicted octanol–water partition coefficient (Wildman–Crippen LogP) is 2.17. The van der Waals surface area contributed by atoms with E-state index in [9.17, 15) is 4.39 Å². The zero-order valence-electron chi connectivity index (χ0n) is 14.0. The molecule has 4 rings (SSSR count). The van der Waals surface area contributed by atoms with Crippen LogP contribution < -0.4 is 16.0 Å². The van der Waals surface area contributed by atoms with Crippen LogP contribution in [0.3, 0.4) is 0 Å². The Hall–Kier alpha value is -2.90. The quantitative estimate of drug-likeness (QED) is 0.759. The summed E-state index contributed by atoms with van der Waals surface area (Å²) in [6.45, 7) is 1.52. The molecule has 1 atom stereocenters. The molecule has 0 spiro atoms. The molecule has 0 radical (unpaired) electrons. The van der Waals surface area contributed by atoms with Gasteiger partial charge in [-0.3, -0.25) is 4.68 Å². The molecule has 0 aliphatic carbocycles. The molecule has 0 saturated carbocycles. The molecule has 8 heteroatoms. The van der Waals surface area contributed by atoms with Gasteiger partial charge in [0, 0.05) is 26.2 Å². The number of hydrogen-bond donors (Lipinski definition) is 2. The first-order valence-electron chi connectivity index (χ1n) is 8.33. The van der Waals surface area contributed by atoms with Crippen molar-refractivity contribution in [2.45, 2.75) is 18.9 Å². The Morgan fingerprint density at radius 3 is 2.96 bits per heavy atom. The van der Waals surface area contributed by atoms with Gasteiger partial charge >= 0.3 is 0 Å². The molecule has 1 fully saturated rings. The summed E-state index contributed by atoms with van der Waals surface area (Å²) in [6.07, 6.45) is 3.60. The number of rotatable bonds is 3. The first-order valence-corrected chi connectivity index (χ1v) is 8.33. The number of nitrogens with one attached hydrogen (secondary N) is 1. The van der Waals surface area contributed by atoms with E-state index < -0.39 is 0 Å². The molecule has 2 aromatic heterocycles. The SMILES string of the molecule is Cn1ncc2c(N)nc(N[C@@H]3CCCN(c4ccccc4F)C3)nc21. The molecule has 7 nitrogen and oxygen atoms in total. The number of nitrogens with two attached hydrogens (primary N) is 1. The van der Waals surface area contributed by atoms with Gasteiger partial charge in [0.2, 0.25) is 5.95 Å². The Labute approximate surface area is 144 Å². The van der Waals surface area contributed by atoms with E-state index in [0.717, 1.165) is 24.8 Å². The van der Waals surface area contributed by atoms with E-state index in [4.69, 9.17) is 5.73 Å². The predicted molar refractivity (Wildman–Crippen MR) is 96.0 cm³/mol. The fourth-order valence-corrected chi connectivity index (χ4v) is 3.31. The average Bonchev–Trinajstić information content (AvgIpc) is 2.97. The largest absolute Gasteiger partial charge is 0.383 e. The van der Waals surface area contributed by atoms with Gasteiger partial charge in [0.05, 0.1) is 17.3 Å². The molecule has 0 amide bonds. The first-order chi connectivity index (χ1) is 12.1. The second kappa shape index (κ2) is 6.19. The highest BCUT2D eigenvalue weighted by Crippen LogP contribution is 2.25. The van der Waals surface area contributed by atoms with Gasteiger partial charge in [0.15, 0.2) is 5.65 Å². The van der Waals surface area contributed by atoms with Gasteiger partial charge in [-0.2, -0.15) is 15.1 Å². The number of nitrogens with zero attached hydrogens (tertiary/aromatic N) is 5. The van der Waals surface area contributed by atoms with Crippen LogP contribution in [-0.2, 0) is 7.05 Å². The Balaban J connectivity index is 1.55. The lowest BCUT2D eigenvalue weighted by Crippen LogP contribution is -2.42. The molecular weight excluding hydrogens is 321 g/mol. The van der Waals surface area contributed by atoms with Crippen LogP contribution in [0.4, 0.5) is 21.8 Å². The number of nitrogen functional groups attached to an aromatic ring is 1. The van der Waals surface area contributed by atoms with Crippen molar-refractivity contribution >= 4 is 28.5 Å². The molecule has 3 N–H and O–H groups in total. The average molecular weight is 341 g/mol. The minimum Gasteiger partial charge on any atom is -0.383 e. The molecule has 0 unspecified atom stereocenters. The van der Waals surface area contributed by atoms with Crippen molar-refractivity contribution in [2.24, 2.45) is 7.05 Å². The minimum atomic E-state index is -0.194. The normalized spacial score (nSPS) is 17.8. The van der Waals surface area contributed by atoms with E-state index in [1.54, 1.807) is 16.9 Å². The number of piperidine rings is 1. The maximum Gasteiger partial charge on any atom is 0.226 e. The van der Waals surface area contributed by atoms with E-state index in [2.05, 4.69) is 25.3 Å². The van der Waals surface area contributed by atoms with Crippen LogP contribution in [0, 0.1) is 5.82 Å². The van der Waals surface area contributed by atoms with Gasteiger partial charge in [-0.15, -0.1) is 0 Å². The number of benzene rings is 1. The molecule has 25 heavy (non-hydrogen) atoms. The summed E-state index contributed by atoms with van der Waals surface area (Å²) < 4.78 is 15.7. The molecule has 1 aromatic carbocycles. The number of hydrogen-bond acceptors (Lipinski definition) is 6. The van der Waals surface area contributed by atoms with Crippen molar-refractivity contribution in [1.82, 2.24) is 19.7 Å². The zero-order chi connectivity index (χ0) is 17.4. The van der Waals surface area contributed by atoms with Crippen LogP contribution in [0.25, 0.3) is 11.0 Å². The second-order valence-electron chi connectivity index (χ2n) is 6.32. The van der Waals surface area contributed by atoms with Gasteiger partial charge in [-0.1, -0.05) is 12.1 Å². The first kappa shape index (κ1) is 15.6. The molecule has 130 valence electrons. The molecule has 3 aromatic rings. The number of aromatic nitrogens is 4. The Morgan fingerprint density at radius 1 is 1.28 bits per heavy atom. The lowest BCUT2D eigenvalue weighted by molar-refractivity contribution is 0.517. The van der Waals surface area contributed by atoms with E-state index in [0.29, 0.717) is 29.6 Å². The maximum absolute atomic E-state index is 14.1. The highest BCUT2D eigenvalue weighted by molar-refractivity contribution is 5.86. The fraction of sp³-hybridized carbons (Fsp3) is 0.353. The van der Waals surface area contributed by atoms with Crippen molar-refractivity contribution < 1.29 is 4.39 Å². The van der Waals surface area contributed by atoms with Crippen LogP contribution in [0.1, 0.15) is 12.8 Å². The third kappa shape index (κ3) is 2.95. The van der Waals surface area contributed by atoms with Crippen molar-refractivity contribution in [3.63, 3.8) is 0 Å². The minimum absolute atomic E-state index is 0.124. The van der Waals surface area contributed by atoms with Crippen molar-refractivity contribution in [2.75, 3.05) is 29.0 Å². The van der Waals surface area contributed by atoms with Crippen LogP contribution in [0.15, 0.2) is 30.5 Å². The van der Waals surface area contributed by atoms with Crippen molar-refractivity contribution in [3.8, 4) is 0 Å². The third-order valence-electron chi connectivity index (χ3n) is 4.57.